The summed E-state index contributed by atoms with van der Waals surface area (Å²) in [5.74, 6) is 0. The Hall–Kier alpha value is -0.0800. The van der Waals surface area contributed by atoms with Gasteiger partial charge in [-0.3, -0.25) is 0 Å². The van der Waals surface area contributed by atoms with Gasteiger partial charge in [-0.1, -0.05) is 65.2 Å². The quantitative estimate of drug-likeness (QED) is 0.430. The van der Waals surface area contributed by atoms with Crippen LogP contribution in [0.4, 0.5) is 0 Å². The van der Waals surface area contributed by atoms with E-state index in [0.29, 0.717) is 6.04 Å². The molecule has 126 valence electrons. The van der Waals surface area contributed by atoms with E-state index in [2.05, 4.69) is 19.2 Å². The molecule has 0 saturated heterocycles. The van der Waals surface area contributed by atoms with Crippen LogP contribution in [0.5, 0.6) is 0 Å². The standard InChI is InChI=1S/C19H39NO/c1-4-6-7-8-9-10-11-12-14-18(20-5-2)17-19(21-3)15-13-16-19/h18,20H,4-17H2,1-3H3. The summed E-state index contributed by atoms with van der Waals surface area (Å²) >= 11 is 0. The van der Waals surface area contributed by atoms with Gasteiger partial charge in [0.25, 0.3) is 0 Å². The molecule has 0 aliphatic heterocycles. The van der Waals surface area contributed by atoms with Crippen LogP contribution in [0.2, 0.25) is 0 Å². The van der Waals surface area contributed by atoms with Gasteiger partial charge in [0.15, 0.2) is 0 Å². The normalized spacial score (nSPS) is 18.4. The van der Waals surface area contributed by atoms with Crippen LogP contribution in [0.25, 0.3) is 0 Å². The van der Waals surface area contributed by atoms with E-state index in [1.54, 1.807) is 0 Å². The summed E-state index contributed by atoms with van der Waals surface area (Å²) in [7, 11) is 1.90. The van der Waals surface area contributed by atoms with E-state index in [-0.39, 0.29) is 5.60 Å². The van der Waals surface area contributed by atoms with Gasteiger partial charge in [0.05, 0.1) is 5.60 Å². The van der Waals surface area contributed by atoms with Crippen molar-refractivity contribution in [3.63, 3.8) is 0 Å². The Kier molecular flexibility index (Phi) is 10.4. The number of methoxy groups -OCH3 is 1. The maximum atomic E-state index is 5.79. The molecular weight excluding hydrogens is 258 g/mol. The van der Waals surface area contributed by atoms with Crippen molar-refractivity contribution >= 4 is 0 Å². The van der Waals surface area contributed by atoms with Crippen LogP contribution in [0.1, 0.15) is 97.3 Å². The average molecular weight is 298 g/mol. The van der Waals surface area contributed by atoms with Crippen molar-refractivity contribution in [2.75, 3.05) is 13.7 Å². The molecule has 0 aromatic carbocycles. The fraction of sp³-hybridized carbons (Fsp3) is 1.00. The second-order valence-electron chi connectivity index (χ2n) is 6.96. The largest absolute Gasteiger partial charge is 0.378 e. The minimum Gasteiger partial charge on any atom is -0.378 e. The van der Waals surface area contributed by atoms with Crippen LogP contribution in [-0.2, 0) is 4.74 Å². The molecule has 0 amide bonds. The third kappa shape index (κ3) is 7.65. The molecule has 2 heteroatoms. The molecule has 1 N–H and O–H groups in total. The Morgan fingerprint density at radius 1 is 0.952 bits per heavy atom. The fourth-order valence-corrected chi connectivity index (χ4v) is 3.60. The summed E-state index contributed by atoms with van der Waals surface area (Å²) < 4.78 is 5.79. The monoisotopic (exact) mass is 297 g/mol. The summed E-state index contributed by atoms with van der Waals surface area (Å²) in [5, 5.41) is 3.68. The van der Waals surface area contributed by atoms with Crippen molar-refractivity contribution in [2.45, 2.75) is 109 Å². The topological polar surface area (TPSA) is 21.3 Å². The van der Waals surface area contributed by atoms with Gasteiger partial charge >= 0.3 is 0 Å². The van der Waals surface area contributed by atoms with E-state index < -0.39 is 0 Å². The SMILES string of the molecule is CCCCCCCCCCC(CC1(OC)CCC1)NCC. The van der Waals surface area contributed by atoms with E-state index >= 15 is 0 Å². The molecular formula is C19H39NO. The van der Waals surface area contributed by atoms with Gasteiger partial charge in [0.2, 0.25) is 0 Å². The highest BCUT2D eigenvalue weighted by molar-refractivity contribution is 4.93. The Morgan fingerprint density at radius 3 is 2.05 bits per heavy atom. The van der Waals surface area contributed by atoms with E-state index in [1.165, 1.54) is 83.5 Å². The second kappa shape index (κ2) is 11.5. The van der Waals surface area contributed by atoms with Gasteiger partial charge in [-0.25, -0.2) is 0 Å². The van der Waals surface area contributed by atoms with Gasteiger partial charge in [-0.15, -0.1) is 0 Å². The van der Waals surface area contributed by atoms with Crippen LogP contribution in [0, 0.1) is 0 Å². The number of hydrogen-bond donors (Lipinski definition) is 1. The minimum absolute atomic E-state index is 0.215. The highest BCUT2D eigenvalue weighted by Crippen LogP contribution is 2.39. The maximum absolute atomic E-state index is 5.79. The Bertz CT molecular complexity index is 232. The molecule has 0 aromatic rings. The summed E-state index contributed by atoms with van der Waals surface area (Å²) in [6.07, 6.45) is 17.7. The van der Waals surface area contributed by atoms with Crippen LogP contribution >= 0.6 is 0 Å². The van der Waals surface area contributed by atoms with Crippen LogP contribution < -0.4 is 5.32 Å². The summed E-state index contributed by atoms with van der Waals surface area (Å²) in [5.41, 5.74) is 0.215. The molecule has 1 unspecified atom stereocenters. The van der Waals surface area contributed by atoms with E-state index in [4.69, 9.17) is 4.74 Å². The van der Waals surface area contributed by atoms with Crippen molar-refractivity contribution in [3.8, 4) is 0 Å². The summed E-state index contributed by atoms with van der Waals surface area (Å²) in [4.78, 5) is 0. The number of hydrogen-bond acceptors (Lipinski definition) is 2. The molecule has 0 bridgehead atoms. The Labute approximate surface area is 133 Å². The van der Waals surface area contributed by atoms with Crippen LogP contribution in [0.15, 0.2) is 0 Å². The zero-order valence-corrected chi connectivity index (χ0v) is 14.9. The van der Waals surface area contributed by atoms with E-state index in [9.17, 15) is 0 Å². The molecule has 1 rings (SSSR count). The molecule has 0 radical (unpaired) electrons. The minimum atomic E-state index is 0.215. The first-order chi connectivity index (χ1) is 10.3. The fourth-order valence-electron chi connectivity index (χ4n) is 3.60. The highest BCUT2D eigenvalue weighted by atomic mass is 16.5. The zero-order chi connectivity index (χ0) is 15.4. The predicted octanol–water partition coefficient (Wildman–Crippen LogP) is 5.45. The lowest BCUT2D eigenvalue weighted by Crippen LogP contribution is -2.45. The van der Waals surface area contributed by atoms with Crippen LogP contribution in [-0.4, -0.2) is 25.3 Å². The average Bonchev–Trinajstić information content (AvgIpc) is 2.45. The molecule has 1 fully saturated rings. The zero-order valence-electron chi connectivity index (χ0n) is 14.9. The highest BCUT2D eigenvalue weighted by Gasteiger charge is 2.38. The lowest BCUT2D eigenvalue weighted by molar-refractivity contribution is -0.0839. The first-order valence-corrected chi connectivity index (χ1v) is 9.55. The van der Waals surface area contributed by atoms with Crippen molar-refractivity contribution in [3.05, 3.63) is 0 Å². The smallest absolute Gasteiger partial charge is 0.0693 e. The van der Waals surface area contributed by atoms with Crippen molar-refractivity contribution in [1.29, 1.82) is 0 Å². The Balaban J connectivity index is 2.08. The first-order valence-electron chi connectivity index (χ1n) is 9.55. The Morgan fingerprint density at radius 2 is 1.57 bits per heavy atom. The molecule has 0 spiro atoms. The maximum Gasteiger partial charge on any atom is 0.0693 e. The van der Waals surface area contributed by atoms with E-state index in [0.717, 1.165) is 6.54 Å². The number of ether oxygens (including phenoxy) is 1. The lowest BCUT2D eigenvalue weighted by Gasteiger charge is -2.43. The molecule has 1 aliphatic rings. The predicted molar refractivity (Wildman–Crippen MR) is 92.9 cm³/mol. The third-order valence-corrected chi connectivity index (χ3v) is 5.22. The van der Waals surface area contributed by atoms with E-state index in [1.807, 2.05) is 7.11 Å². The number of rotatable bonds is 14. The van der Waals surface area contributed by atoms with Gasteiger partial charge < -0.3 is 10.1 Å². The van der Waals surface area contributed by atoms with Gasteiger partial charge in [0, 0.05) is 13.2 Å². The molecule has 1 atom stereocenters. The first kappa shape index (κ1) is 19.0. The molecule has 0 heterocycles. The molecule has 1 aliphatic carbocycles. The number of unbranched alkanes of at least 4 members (excludes halogenated alkanes) is 7. The molecule has 0 aromatic heterocycles. The van der Waals surface area contributed by atoms with Crippen molar-refractivity contribution in [2.24, 2.45) is 0 Å². The summed E-state index contributed by atoms with van der Waals surface area (Å²) in [6, 6.07) is 0.662. The van der Waals surface area contributed by atoms with Crippen molar-refractivity contribution in [1.82, 2.24) is 5.32 Å². The second-order valence-corrected chi connectivity index (χ2v) is 6.96. The molecule has 21 heavy (non-hydrogen) atoms. The van der Waals surface area contributed by atoms with Gasteiger partial charge in [0.1, 0.15) is 0 Å². The van der Waals surface area contributed by atoms with Crippen LogP contribution in [0.3, 0.4) is 0 Å². The lowest BCUT2D eigenvalue weighted by atomic mass is 9.75. The summed E-state index contributed by atoms with van der Waals surface area (Å²) in [6.45, 7) is 5.60. The molecule has 2 nitrogen and oxygen atoms in total. The number of nitrogens with one attached hydrogen (secondary N) is 1. The molecule has 1 saturated carbocycles. The third-order valence-electron chi connectivity index (χ3n) is 5.22. The van der Waals surface area contributed by atoms with Gasteiger partial charge in [-0.05, 0) is 38.6 Å². The van der Waals surface area contributed by atoms with Crippen molar-refractivity contribution < 1.29 is 4.74 Å². The van der Waals surface area contributed by atoms with Gasteiger partial charge in [-0.2, -0.15) is 0 Å².